The number of carbonyl (C=O) groups is 2. The van der Waals surface area contributed by atoms with Crippen molar-refractivity contribution < 1.29 is 28.4 Å². The van der Waals surface area contributed by atoms with Crippen molar-refractivity contribution in [3.05, 3.63) is 111 Å². The molecular formula is C54H60BClN8O6. The van der Waals surface area contributed by atoms with Gasteiger partial charge in [0.05, 0.1) is 51.6 Å². The minimum Gasteiger partial charge on any atom is -0.475 e. The molecule has 362 valence electrons. The second-order valence-corrected chi connectivity index (χ2v) is 22.0. The highest BCUT2D eigenvalue weighted by atomic mass is 35.5. The zero-order valence-corrected chi connectivity index (χ0v) is 41.9. The van der Waals surface area contributed by atoms with E-state index in [0.29, 0.717) is 16.9 Å². The lowest BCUT2D eigenvalue weighted by molar-refractivity contribution is 0.00578. The molecule has 2 amide bonds. The highest BCUT2D eigenvalue weighted by Crippen LogP contribution is 2.47. The number of H-pyrrole nitrogens is 2. The number of nitrogens with one attached hydrogen (secondary N) is 4. The zero-order chi connectivity index (χ0) is 48.9. The summed E-state index contributed by atoms with van der Waals surface area (Å²) in [5.74, 6) is 1.42. The number of pyridine rings is 4. The average Bonchev–Trinajstić information content (AvgIpc) is 4.12. The van der Waals surface area contributed by atoms with Crippen molar-refractivity contribution in [2.24, 2.45) is 0 Å². The summed E-state index contributed by atoms with van der Waals surface area (Å²) in [7, 11) is -0.370. The van der Waals surface area contributed by atoms with Crippen LogP contribution in [0.25, 0.3) is 33.8 Å². The van der Waals surface area contributed by atoms with Gasteiger partial charge in [-0.25, -0.2) is 15.0 Å². The number of carbonyl (C=O) groups excluding carboxylic acids is 2. The maximum Gasteiger partial charge on any atom is 0.496 e. The van der Waals surface area contributed by atoms with Crippen molar-refractivity contribution >= 4 is 36.0 Å². The molecule has 3 fully saturated rings. The van der Waals surface area contributed by atoms with Crippen LogP contribution in [-0.4, -0.2) is 83.3 Å². The van der Waals surface area contributed by atoms with E-state index in [1.54, 1.807) is 12.4 Å². The smallest absolute Gasteiger partial charge is 0.475 e. The summed E-state index contributed by atoms with van der Waals surface area (Å²) in [5.41, 5.74) is 15.2. The van der Waals surface area contributed by atoms with Crippen LogP contribution in [0.2, 0.25) is 5.15 Å². The molecule has 6 aromatic heterocycles. The van der Waals surface area contributed by atoms with E-state index in [1.807, 2.05) is 98.1 Å². The van der Waals surface area contributed by atoms with Crippen molar-refractivity contribution in [3.63, 3.8) is 0 Å². The van der Waals surface area contributed by atoms with Gasteiger partial charge in [0.25, 0.3) is 11.8 Å². The molecule has 9 heterocycles. The Morgan fingerprint density at radius 2 is 1.13 bits per heavy atom. The number of aryl methyl sites for hydroxylation is 2. The van der Waals surface area contributed by atoms with Crippen molar-refractivity contribution in [1.82, 2.24) is 40.5 Å². The third-order valence-electron chi connectivity index (χ3n) is 15.1. The Labute approximate surface area is 414 Å². The first-order valence-corrected chi connectivity index (χ1v) is 25.1. The quantitative estimate of drug-likeness (QED) is 0.0933. The number of amides is 2. The third-order valence-corrected chi connectivity index (χ3v) is 15.3. The Bertz CT molecular complexity index is 3030. The topological polar surface area (TPSA) is 178 Å². The van der Waals surface area contributed by atoms with Crippen LogP contribution < -0.4 is 25.6 Å². The number of ether oxygens (including phenoxy) is 2. The normalized spacial score (nSPS) is 19.5. The minimum atomic E-state index is -0.370. The summed E-state index contributed by atoms with van der Waals surface area (Å²) in [6.07, 6.45) is 17.3. The lowest BCUT2D eigenvalue weighted by Crippen LogP contribution is -2.43. The maximum atomic E-state index is 12.8. The second-order valence-electron chi connectivity index (χ2n) is 21.6. The first kappa shape index (κ1) is 46.4. The standard InChI is InChI=1S/C24H24N4O2.C16H14ClN3O.C14H22BNO3/c1-13(2)30-20-6-4-15(12-26-20)18-9-17-14(11-25-18)3-5-16-21-19(27-22(16)17)10-24(7-8-24)28-23(21)29;17-12-5-10-8(7-18-12)1-2-9-13-11(19-14(9)10)6-16(3-4-16)20-15(13)21;1-10(2)17-12-8-7-11(9-16-12)15-18-13(3,4)14(5,6)19-15/h4,6,9,11-13,27H,3,5,7-8,10H2,1-2H3,(H,28,29);5,7,19H,1-4,6H2,(H,20,21);7-10H,1-6H3. The Balaban J connectivity index is 0.000000118. The molecular weight excluding hydrogens is 903 g/mol. The molecule has 70 heavy (non-hydrogen) atoms. The fraction of sp³-hybridized carbons (Fsp3) is 0.444. The van der Waals surface area contributed by atoms with Gasteiger partial charge in [0.15, 0.2) is 0 Å². The number of halogens is 1. The first-order valence-electron chi connectivity index (χ1n) is 24.8. The van der Waals surface area contributed by atoms with E-state index in [1.165, 1.54) is 11.1 Å². The van der Waals surface area contributed by atoms with Crippen molar-refractivity contribution in [2.75, 3.05) is 0 Å². The summed E-state index contributed by atoms with van der Waals surface area (Å²) in [6.45, 7) is 16.1. The monoisotopic (exact) mass is 962 g/mol. The van der Waals surface area contributed by atoms with E-state index in [9.17, 15) is 9.59 Å². The molecule has 4 N–H and O–H groups in total. The lowest BCUT2D eigenvalue weighted by Gasteiger charge is -2.32. The van der Waals surface area contributed by atoms with Crippen LogP contribution in [0, 0.1) is 0 Å². The van der Waals surface area contributed by atoms with Crippen LogP contribution >= 0.6 is 11.6 Å². The van der Waals surface area contributed by atoms with Gasteiger partial charge in [-0.1, -0.05) is 17.7 Å². The molecule has 0 aromatic carbocycles. The van der Waals surface area contributed by atoms with Gasteiger partial charge in [0.1, 0.15) is 5.15 Å². The summed E-state index contributed by atoms with van der Waals surface area (Å²) >= 11 is 6.05. The van der Waals surface area contributed by atoms with Crippen LogP contribution in [0.15, 0.2) is 61.2 Å². The van der Waals surface area contributed by atoms with Crippen LogP contribution in [0.5, 0.6) is 11.8 Å². The van der Waals surface area contributed by atoms with Gasteiger partial charge in [-0.05, 0) is 153 Å². The van der Waals surface area contributed by atoms with Crippen LogP contribution in [0.4, 0.5) is 0 Å². The van der Waals surface area contributed by atoms with Gasteiger partial charge in [0.2, 0.25) is 11.8 Å². The zero-order valence-electron chi connectivity index (χ0n) is 41.2. The largest absolute Gasteiger partial charge is 0.496 e. The number of hydrogen-bond donors (Lipinski definition) is 4. The van der Waals surface area contributed by atoms with E-state index in [-0.39, 0.29) is 53.4 Å². The summed E-state index contributed by atoms with van der Waals surface area (Å²) in [5, 5.41) is 6.94. The van der Waals surface area contributed by atoms with E-state index >= 15 is 0 Å². The fourth-order valence-corrected chi connectivity index (χ4v) is 10.5. The molecule has 6 aromatic rings. The molecule has 3 aliphatic heterocycles. The summed E-state index contributed by atoms with van der Waals surface area (Å²) < 4.78 is 23.1. The van der Waals surface area contributed by atoms with Crippen LogP contribution in [-0.2, 0) is 47.8 Å². The third kappa shape index (κ3) is 8.68. The molecule has 13 rings (SSSR count). The fourth-order valence-electron chi connectivity index (χ4n) is 10.4. The van der Waals surface area contributed by atoms with Crippen LogP contribution in [0.1, 0.15) is 135 Å². The Kier molecular flexibility index (Phi) is 11.3. The van der Waals surface area contributed by atoms with Gasteiger partial charge in [-0.3, -0.25) is 14.6 Å². The molecule has 2 saturated carbocycles. The van der Waals surface area contributed by atoms with E-state index in [2.05, 4.69) is 46.6 Å². The van der Waals surface area contributed by atoms with Crippen LogP contribution in [0.3, 0.4) is 0 Å². The Morgan fingerprint density at radius 1 is 0.629 bits per heavy atom. The Hall–Kier alpha value is -6.03. The number of nitrogens with zero attached hydrogens (tertiary/aromatic N) is 4. The molecule has 16 heteroatoms. The number of aromatic amines is 2. The molecule has 4 aliphatic carbocycles. The molecule has 14 nitrogen and oxygen atoms in total. The van der Waals surface area contributed by atoms with Gasteiger partial charge >= 0.3 is 7.12 Å². The average molecular weight is 963 g/mol. The SMILES string of the molecule is CC(C)Oc1ccc(-c2cc3c(cn2)CCc2c-3[nH]c3c2C(=O)NC2(CC2)C3)cn1.CC(C)Oc1ccc(B2OC(C)(C)C(C)(C)O2)cn1.O=C1NC2(CC2)Cc2[nH]c3c(c21)CCc1cnc(Cl)cc1-3. The molecule has 7 aliphatic rings. The molecule has 0 atom stereocenters. The highest BCUT2D eigenvalue weighted by molar-refractivity contribution is 6.62. The van der Waals surface area contributed by atoms with Crippen molar-refractivity contribution in [3.8, 4) is 45.5 Å². The van der Waals surface area contributed by atoms with Crippen molar-refractivity contribution in [2.45, 2.75) is 154 Å². The predicted molar refractivity (Wildman–Crippen MR) is 269 cm³/mol. The van der Waals surface area contributed by atoms with Gasteiger partial charge < -0.3 is 39.4 Å². The molecule has 0 unspecified atom stereocenters. The Morgan fingerprint density at radius 3 is 1.60 bits per heavy atom. The number of fused-ring (bicyclic) bond motifs is 10. The van der Waals surface area contributed by atoms with Gasteiger partial charge in [-0.2, -0.15) is 0 Å². The first-order chi connectivity index (χ1) is 33.4. The maximum absolute atomic E-state index is 12.8. The predicted octanol–water partition coefficient (Wildman–Crippen LogP) is 8.66. The number of rotatable bonds is 6. The highest BCUT2D eigenvalue weighted by Gasteiger charge is 2.53. The lowest BCUT2D eigenvalue weighted by atomic mass is 9.80. The molecule has 0 bridgehead atoms. The summed E-state index contributed by atoms with van der Waals surface area (Å²) in [4.78, 5) is 50.0. The van der Waals surface area contributed by atoms with Gasteiger partial charge in [-0.15, -0.1) is 0 Å². The molecule has 2 spiro atoms. The van der Waals surface area contributed by atoms with E-state index in [0.717, 1.165) is 137 Å². The van der Waals surface area contributed by atoms with E-state index in [4.69, 9.17) is 30.4 Å². The summed E-state index contributed by atoms with van der Waals surface area (Å²) in [6, 6.07) is 11.7. The van der Waals surface area contributed by atoms with Crippen molar-refractivity contribution in [1.29, 1.82) is 0 Å². The number of hydrogen-bond acceptors (Lipinski definition) is 10. The second kappa shape index (κ2) is 17.1. The van der Waals surface area contributed by atoms with Gasteiger partial charge in [0, 0.05) is 88.3 Å². The number of aromatic nitrogens is 6. The molecule has 0 radical (unpaired) electrons. The van der Waals surface area contributed by atoms with E-state index < -0.39 is 0 Å². The minimum absolute atomic E-state index is 0.00916. The molecule has 1 saturated heterocycles.